The number of rotatable bonds is 6. The lowest BCUT2D eigenvalue weighted by Gasteiger charge is -2.44. The van der Waals surface area contributed by atoms with Gasteiger partial charge in [-0.1, -0.05) is 142 Å². The van der Waals surface area contributed by atoms with Gasteiger partial charge in [0.05, 0.1) is 8.07 Å². The molecular formula is C26H37BSi. The van der Waals surface area contributed by atoms with Crippen LogP contribution in [0.1, 0.15) is 56.6 Å². The van der Waals surface area contributed by atoms with E-state index in [1.54, 1.807) is 10.8 Å². The zero-order chi connectivity index (χ0) is 19.6. The number of hydrogen-bond acceptors (Lipinski definition) is 0. The van der Waals surface area contributed by atoms with Gasteiger partial charge in [0, 0.05) is 0 Å². The lowest BCUT2D eigenvalue weighted by Crippen LogP contribution is -2.50. The van der Waals surface area contributed by atoms with Crippen LogP contribution in [0.3, 0.4) is 0 Å². The Morgan fingerprint density at radius 2 is 1.32 bits per heavy atom. The van der Waals surface area contributed by atoms with E-state index in [2.05, 4.69) is 80.7 Å². The predicted molar refractivity (Wildman–Crippen MR) is 128 cm³/mol. The van der Waals surface area contributed by atoms with Crippen LogP contribution in [0.15, 0.2) is 60.7 Å². The van der Waals surface area contributed by atoms with Crippen LogP contribution < -0.4 is 5.19 Å². The Kier molecular flexibility index (Phi) is 6.16. The van der Waals surface area contributed by atoms with Gasteiger partial charge < -0.3 is 0 Å². The third-order valence-electron chi connectivity index (χ3n) is 8.18. The van der Waals surface area contributed by atoms with Crippen molar-refractivity contribution < 1.29 is 0 Å². The molecule has 0 radical (unpaired) electrons. The first-order valence-electron chi connectivity index (χ1n) is 11.7. The standard InChI is InChI=1S/C26H37BSi/c1-21(20-27-23-14-10-15-24(27)17-11-16-23)26(22-12-6-4-7-13-22)28(2,3)25-18-8-5-9-19-25/h4-9,12-13,18-19,21,23-24,26H,10-11,14-17,20H2,1-3H3/t21-,23?,24?,26+/m0/s1. The molecular weight excluding hydrogens is 351 g/mol. The first-order valence-corrected chi connectivity index (χ1v) is 14.8. The zero-order valence-electron chi connectivity index (χ0n) is 18.1. The summed E-state index contributed by atoms with van der Waals surface area (Å²) >= 11 is 0. The van der Waals surface area contributed by atoms with Crippen molar-refractivity contribution in [3.05, 3.63) is 66.2 Å². The quantitative estimate of drug-likeness (QED) is 0.460. The Bertz CT molecular complexity index is 720. The van der Waals surface area contributed by atoms with Crippen molar-refractivity contribution >= 4 is 20.0 Å². The highest BCUT2D eigenvalue weighted by atomic mass is 28.3. The van der Waals surface area contributed by atoms with E-state index in [-0.39, 0.29) is 0 Å². The van der Waals surface area contributed by atoms with Crippen LogP contribution in [0.25, 0.3) is 0 Å². The number of hydrogen-bond donors (Lipinski definition) is 0. The lowest BCUT2D eigenvalue weighted by molar-refractivity contribution is 0.433. The van der Waals surface area contributed by atoms with Crippen LogP contribution in [-0.4, -0.2) is 14.8 Å². The molecule has 2 heterocycles. The summed E-state index contributed by atoms with van der Waals surface area (Å²) in [6.07, 6.45) is 10.4. The fourth-order valence-corrected chi connectivity index (χ4v) is 10.9. The summed E-state index contributed by atoms with van der Waals surface area (Å²) in [7, 11) is -1.63. The van der Waals surface area contributed by atoms with Crippen molar-refractivity contribution in [2.24, 2.45) is 5.92 Å². The molecule has 0 spiro atoms. The van der Waals surface area contributed by atoms with Crippen molar-refractivity contribution in [2.75, 3.05) is 0 Å². The Morgan fingerprint density at radius 1 is 0.821 bits per heavy atom. The Labute approximate surface area is 174 Å². The number of benzene rings is 2. The molecule has 0 amide bonds. The van der Waals surface area contributed by atoms with E-state index < -0.39 is 8.07 Å². The van der Waals surface area contributed by atoms with Gasteiger partial charge in [0.2, 0.25) is 0 Å². The molecule has 0 saturated carbocycles. The van der Waals surface area contributed by atoms with Crippen molar-refractivity contribution in [3.63, 3.8) is 0 Å². The van der Waals surface area contributed by atoms with Gasteiger partial charge in [-0.25, -0.2) is 0 Å². The second-order valence-corrected chi connectivity index (χ2v) is 14.9. The van der Waals surface area contributed by atoms with E-state index in [1.165, 1.54) is 44.8 Å². The molecule has 0 nitrogen and oxygen atoms in total. The molecule has 2 bridgehead atoms. The maximum atomic E-state index is 2.61. The molecule has 0 aliphatic carbocycles. The average molecular weight is 388 g/mol. The first-order chi connectivity index (χ1) is 13.6. The maximum Gasteiger partial charge on any atom is 0.146 e. The SMILES string of the molecule is C[C@@H](CB1C2CCCC1CCC2)[C@H](c1ccccc1)[Si](C)(C)c1ccccc1. The fourth-order valence-electron chi connectivity index (χ4n) is 6.93. The summed E-state index contributed by atoms with van der Waals surface area (Å²) in [5.74, 6) is 2.80. The molecule has 148 valence electrons. The largest absolute Gasteiger partial charge is 0.146 e. The molecule has 28 heavy (non-hydrogen) atoms. The molecule has 0 aromatic heterocycles. The van der Waals surface area contributed by atoms with Crippen LogP contribution in [0.4, 0.5) is 0 Å². The molecule has 2 saturated heterocycles. The summed E-state index contributed by atoms with van der Waals surface area (Å²) in [4.78, 5) is 0. The smallest absolute Gasteiger partial charge is 0.0708 e. The summed E-state index contributed by atoms with van der Waals surface area (Å²) in [5.41, 5.74) is 2.27. The highest BCUT2D eigenvalue weighted by molar-refractivity contribution is 6.91. The molecule has 2 aromatic rings. The molecule has 2 aliphatic heterocycles. The van der Waals surface area contributed by atoms with E-state index in [0.29, 0.717) is 5.54 Å². The summed E-state index contributed by atoms with van der Waals surface area (Å²) < 4.78 is 0. The number of fused-ring (bicyclic) bond motifs is 2. The normalized spacial score (nSPS) is 24.6. The van der Waals surface area contributed by atoms with Gasteiger partial charge in [-0.15, -0.1) is 0 Å². The first kappa shape index (κ1) is 20.0. The molecule has 2 fully saturated rings. The molecule has 2 aromatic carbocycles. The lowest BCUT2D eigenvalue weighted by atomic mass is 9.25. The molecule has 2 aliphatic rings. The minimum absolute atomic E-state index is 0.693. The summed E-state index contributed by atoms with van der Waals surface area (Å²) in [5, 5.41) is 1.61. The van der Waals surface area contributed by atoms with Crippen LogP contribution in [0.5, 0.6) is 0 Å². The summed E-state index contributed by atoms with van der Waals surface area (Å²) in [6.45, 7) is 8.79. The van der Waals surface area contributed by atoms with Gasteiger partial charge in [-0.3, -0.25) is 0 Å². The average Bonchev–Trinajstić information content (AvgIpc) is 2.69. The van der Waals surface area contributed by atoms with Crippen LogP contribution in [-0.2, 0) is 0 Å². The minimum atomic E-state index is -1.63. The van der Waals surface area contributed by atoms with Crippen molar-refractivity contribution in [1.29, 1.82) is 0 Å². The predicted octanol–water partition coefficient (Wildman–Crippen LogP) is 7.16. The van der Waals surface area contributed by atoms with E-state index in [0.717, 1.165) is 24.3 Å². The van der Waals surface area contributed by atoms with Gasteiger partial charge in [0.1, 0.15) is 6.71 Å². The van der Waals surface area contributed by atoms with Gasteiger partial charge in [-0.05, 0) is 17.0 Å². The third kappa shape index (κ3) is 4.03. The van der Waals surface area contributed by atoms with Gasteiger partial charge in [0.25, 0.3) is 0 Å². The molecule has 4 rings (SSSR count). The van der Waals surface area contributed by atoms with E-state index in [9.17, 15) is 0 Å². The Hall–Kier alpha value is -1.28. The summed E-state index contributed by atoms with van der Waals surface area (Å²) in [6, 6.07) is 22.9. The second kappa shape index (κ2) is 8.61. The topological polar surface area (TPSA) is 0 Å². The molecule has 2 heteroatoms. The van der Waals surface area contributed by atoms with Crippen molar-refractivity contribution in [3.8, 4) is 0 Å². The van der Waals surface area contributed by atoms with Gasteiger partial charge in [0.15, 0.2) is 0 Å². The highest BCUT2D eigenvalue weighted by Crippen LogP contribution is 2.50. The van der Waals surface area contributed by atoms with Gasteiger partial charge in [-0.2, -0.15) is 0 Å². The van der Waals surface area contributed by atoms with E-state index in [1.807, 2.05) is 0 Å². The third-order valence-corrected chi connectivity index (χ3v) is 12.5. The van der Waals surface area contributed by atoms with E-state index >= 15 is 0 Å². The van der Waals surface area contributed by atoms with Gasteiger partial charge >= 0.3 is 0 Å². The molecule has 0 unspecified atom stereocenters. The molecule has 0 N–H and O–H groups in total. The monoisotopic (exact) mass is 388 g/mol. The highest BCUT2D eigenvalue weighted by Gasteiger charge is 2.43. The Morgan fingerprint density at radius 3 is 1.86 bits per heavy atom. The van der Waals surface area contributed by atoms with Crippen LogP contribution in [0, 0.1) is 5.92 Å². The van der Waals surface area contributed by atoms with Crippen LogP contribution in [0.2, 0.25) is 31.0 Å². The van der Waals surface area contributed by atoms with Crippen molar-refractivity contribution in [2.45, 2.75) is 82.0 Å². The minimum Gasteiger partial charge on any atom is -0.0708 e. The van der Waals surface area contributed by atoms with Crippen LogP contribution >= 0.6 is 0 Å². The second-order valence-electron chi connectivity index (χ2n) is 10.2. The Balaban J connectivity index is 1.64. The van der Waals surface area contributed by atoms with E-state index in [4.69, 9.17) is 0 Å². The maximum absolute atomic E-state index is 2.61. The zero-order valence-corrected chi connectivity index (χ0v) is 19.1. The molecule has 2 atom stereocenters. The fraction of sp³-hybridized carbons (Fsp3) is 0.538. The van der Waals surface area contributed by atoms with Crippen molar-refractivity contribution in [1.82, 2.24) is 0 Å².